The second-order valence-electron chi connectivity index (χ2n) is 6.66. The summed E-state index contributed by atoms with van der Waals surface area (Å²) in [5.74, 6) is 0.207. The fourth-order valence-corrected chi connectivity index (χ4v) is 3.40. The molecule has 134 valence electrons. The molecule has 1 unspecified atom stereocenters. The van der Waals surface area contributed by atoms with Crippen molar-refractivity contribution in [3.05, 3.63) is 30.4 Å². The Bertz CT molecular complexity index is 728. The smallest absolute Gasteiger partial charge is 0.248 e. The zero-order valence-corrected chi connectivity index (χ0v) is 15.1. The van der Waals surface area contributed by atoms with Crippen molar-refractivity contribution in [3.8, 4) is 11.4 Å². The van der Waals surface area contributed by atoms with Gasteiger partial charge in [0.2, 0.25) is 5.91 Å². The molecule has 1 amide bonds. The van der Waals surface area contributed by atoms with Crippen molar-refractivity contribution in [3.63, 3.8) is 0 Å². The molecule has 1 fully saturated rings. The summed E-state index contributed by atoms with van der Waals surface area (Å²) in [5, 5.41) is 4.41. The van der Waals surface area contributed by atoms with Gasteiger partial charge in [0.15, 0.2) is 0 Å². The Balaban J connectivity index is 1.90. The maximum Gasteiger partial charge on any atom is 0.248 e. The number of methoxy groups -OCH3 is 1. The zero-order chi connectivity index (χ0) is 17.8. The van der Waals surface area contributed by atoms with E-state index >= 15 is 0 Å². The molecular formula is C18H25N5O2. The Morgan fingerprint density at radius 3 is 2.88 bits per heavy atom. The number of amides is 1. The van der Waals surface area contributed by atoms with E-state index in [4.69, 9.17) is 4.74 Å². The van der Waals surface area contributed by atoms with Gasteiger partial charge in [0.05, 0.1) is 11.4 Å². The predicted molar refractivity (Wildman–Crippen MR) is 94.1 cm³/mol. The highest BCUT2D eigenvalue weighted by Crippen LogP contribution is 2.32. The van der Waals surface area contributed by atoms with Crippen molar-refractivity contribution in [1.82, 2.24) is 24.6 Å². The van der Waals surface area contributed by atoms with E-state index in [2.05, 4.69) is 28.9 Å². The molecule has 2 aromatic rings. The number of aromatic nitrogens is 4. The summed E-state index contributed by atoms with van der Waals surface area (Å²) in [6, 6.07) is 2.22. The molecule has 0 bridgehead atoms. The fraction of sp³-hybridized carbons (Fsp3) is 0.556. The highest BCUT2D eigenvalue weighted by molar-refractivity contribution is 5.77. The first kappa shape index (κ1) is 17.5. The maximum absolute atomic E-state index is 12.2. The van der Waals surface area contributed by atoms with E-state index in [1.54, 1.807) is 25.7 Å². The molecular weight excluding hydrogens is 318 g/mol. The van der Waals surface area contributed by atoms with Crippen molar-refractivity contribution in [1.29, 1.82) is 0 Å². The lowest BCUT2D eigenvalue weighted by molar-refractivity contribution is -0.136. The van der Waals surface area contributed by atoms with Crippen molar-refractivity contribution >= 4 is 5.91 Å². The summed E-state index contributed by atoms with van der Waals surface area (Å²) in [7, 11) is 1.55. The number of likely N-dealkylation sites (tertiary alicyclic amines) is 1. The van der Waals surface area contributed by atoms with Gasteiger partial charge in [-0.05, 0) is 32.8 Å². The molecule has 0 aliphatic carbocycles. The van der Waals surface area contributed by atoms with Crippen LogP contribution in [-0.2, 0) is 9.53 Å². The lowest BCUT2D eigenvalue weighted by atomic mass is 9.92. The molecule has 1 atom stereocenters. The number of ether oxygens (including phenoxy) is 1. The molecule has 1 aliphatic heterocycles. The van der Waals surface area contributed by atoms with Crippen LogP contribution in [0.2, 0.25) is 0 Å². The van der Waals surface area contributed by atoms with Crippen LogP contribution < -0.4 is 0 Å². The second-order valence-corrected chi connectivity index (χ2v) is 6.66. The van der Waals surface area contributed by atoms with E-state index < -0.39 is 0 Å². The van der Waals surface area contributed by atoms with Gasteiger partial charge >= 0.3 is 0 Å². The summed E-state index contributed by atoms with van der Waals surface area (Å²) >= 11 is 0. The van der Waals surface area contributed by atoms with E-state index in [9.17, 15) is 4.79 Å². The van der Waals surface area contributed by atoms with Gasteiger partial charge in [-0.15, -0.1) is 0 Å². The Labute approximate surface area is 148 Å². The molecule has 7 nitrogen and oxygen atoms in total. The number of carbonyl (C=O) groups is 1. The molecule has 0 spiro atoms. The quantitative estimate of drug-likeness (QED) is 0.833. The number of hydrogen-bond donors (Lipinski definition) is 0. The Hall–Kier alpha value is -2.28. The summed E-state index contributed by atoms with van der Waals surface area (Å²) < 4.78 is 6.95. The third kappa shape index (κ3) is 3.71. The minimum Gasteiger partial charge on any atom is -0.375 e. The van der Waals surface area contributed by atoms with Crippen LogP contribution in [0.3, 0.4) is 0 Å². The molecule has 25 heavy (non-hydrogen) atoms. The Morgan fingerprint density at radius 1 is 1.32 bits per heavy atom. The van der Waals surface area contributed by atoms with Crippen molar-refractivity contribution in [2.24, 2.45) is 0 Å². The first-order valence-electron chi connectivity index (χ1n) is 8.73. The molecule has 3 heterocycles. The van der Waals surface area contributed by atoms with Gasteiger partial charge < -0.3 is 9.64 Å². The van der Waals surface area contributed by atoms with Gasteiger partial charge in [-0.1, -0.05) is 0 Å². The monoisotopic (exact) mass is 343 g/mol. The molecule has 1 saturated heterocycles. The lowest BCUT2D eigenvalue weighted by Crippen LogP contribution is -2.41. The number of piperidine rings is 1. The summed E-state index contributed by atoms with van der Waals surface area (Å²) in [4.78, 5) is 23.3. The topological polar surface area (TPSA) is 73.1 Å². The van der Waals surface area contributed by atoms with Crippen LogP contribution in [0.5, 0.6) is 0 Å². The van der Waals surface area contributed by atoms with Gasteiger partial charge in [-0.25, -0.2) is 0 Å². The van der Waals surface area contributed by atoms with Crippen LogP contribution >= 0.6 is 0 Å². The van der Waals surface area contributed by atoms with E-state index in [0.717, 1.165) is 36.5 Å². The second kappa shape index (κ2) is 7.74. The molecule has 0 N–H and O–H groups in total. The van der Waals surface area contributed by atoms with Crippen LogP contribution in [0, 0.1) is 0 Å². The molecule has 0 aromatic carbocycles. The van der Waals surface area contributed by atoms with Crippen LogP contribution in [-0.4, -0.2) is 57.4 Å². The molecule has 7 heteroatoms. The van der Waals surface area contributed by atoms with Crippen molar-refractivity contribution < 1.29 is 9.53 Å². The standard InChI is InChI=1S/C18H25N5O2/c1-13(2)23-15(6-7-21-23)18-17(19-8-9-20-18)14-5-4-10-22(11-14)16(24)12-25-3/h6-9,13-14H,4-5,10-12H2,1-3H3. The summed E-state index contributed by atoms with van der Waals surface area (Å²) in [6.07, 6.45) is 7.19. The van der Waals surface area contributed by atoms with Crippen LogP contribution in [0.15, 0.2) is 24.7 Å². The average Bonchev–Trinajstić information content (AvgIpc) is 3.12. The van der Waals surface area contributed by atoms with E-state index in [1.165, 1.54) is 0 Å². The SMILES string of the molecule is COCC(=O)N1CCCC(c2nccnc2-c2ccnn2C(C)C)C1. The highest BCUT2D eigenvalue weighted by Gasteiger charge is 2.28. The van der Waals surface area contributed by atoms with Crippen molar-refractivity contribution in [2.75, 3.05) is 26.8 Å². The first-order valence-corrected chi connectivity index (χ1v) is 8.73. The van der Waals surface area contributed by atoms with E-state index in [-0.39, 0.29) is 24.5 Å². The molecule has 1 aliphatic rings. The number of rotatable bonds is 5. The van der Waals surface area contributed by atoms with E-state index in [1.807, 2.05) is 15.6 Å². The summed E-state index contributed by atoms with van der Waals surface area (Å²) in [6.45, 7) is 5.75. The van der Waals surface area contributed by atoms with Gasteiger partial charge in [0.25, 0.3) is 0 Å². The minimum absolute atomic E-state index is 0.0323. The van der Waals surface area contributed by atoms with Gasteiger partial charge in [0.1, 0.15) is 12.3 Å². The Morgan fingerprint density at radius 2 is 2.12 bits per heavy atom. The number of nitrogens with zero attached hydrogens (tertiary/aromatic N) is 5. The molecule has 3 rings (SSSR count). The van der Waals surface area contributed by atoms with Crippen LogP contribution in [0.4, 0.5) is 0 Å². The van der Waals surface area contributed by atoms with Crippen LogP contribution in [0.1, 0.15) is 44.3 Å². The third-order valence-corrected chi connectivity index (χ3v) is 4.56. The van der Waals surface area contributed by atoms with Gasteiger partial charge in [-0.2, -0.15) is 5.10 Å². The number of hydrogen-bond acceptors (Lipinski definition) is 5. The van der Waals surface area contributed by atoms with Gasteiger partial charge in [-0.3, -0.25) is 19.4 Å². The molecule has 0 radical (unpaired) electrons. The van der Waals surface area contributed by atoms with Gasteiger partial charge in [0, 0.05) is 50.7 Å². The number of carbonyl (C=O) groups excluding carboxylic acids is 1. The first-order chi connectivity index (χ1) is 12.1. The molecule has 2 aromatic heterocycles. The fourth-order valence-electron chi connectivity index (χ4n) is 3.40. The van der Waals surface area contributed by atoms with E-state index in [0.29, 0.717) is 6.54 Å². The third-order valence-electron chi connectivity index (χ3n) is 4.56. The predicted octanol–water partition coefficient (Wildman–Crippen LogP) is 2.27. The lowest BCUT2D eigenvalue weighted by Gasteiger charge is -2.33. The maximum atomic E-state index is 12.2. The zero-order valence-electron chi connectivity index (χ0n) is 15.1. The van der Waals surface area contributed by atoms with Crippen molar-refractivity contribution in [2.45, 2.75) is 38.6 Å². The Kier molecular flexibility index (Phi) is 5.43. The van der Waals surface area contributed by atoms with Crippen LogP contribution in [0.25, 0.3) is 11.4 Å². The largest absolute Gasteiger partial charge is 0.375 e. The average molecular weight is 343 g/mol. The summed E-state index contributed by atoms with van der Waals surface area (Å²) in [5.41, 5.74) is 2.78. The minimum atomic E-state index is 0.0323. The highest BCUT2D eigenvalue weighted by atomic mass is 16.5. The molecule has 0 saturated carbocycles. The normalized spacial score (nSPS) is 17.9.